The molecule has 2 amide bonds. The van der Waals surface area contributed by atoms with Gasteiger partial charge in [0.05, 0.1) is 0 Å². The summed E-state index contributed by atoms with van der Waals surface area (Å²) >= 11 is 0. The number of rotatable bonds is 6. The van der Waals surface area contributed by atoms with E-state index in [1.807, 2.05) is 24.3 Å². The molecule has 1 saturated carbocycles. The molecule has 1 fully saturated rings. The second-order valence-corrected chi connectivity index (χ2v) is 8.85. The highest BCUT2D eigenvalue weighted by Gasteiger charge is 2.40. The molecule has 1 unspecified atom stereocenters. The van der Waals surface area contributed by atoms with Crippen molar-refractivity contribution in [3.63, 3.8) is 0 Å². The number of carboxylic acids is 1. The van der Waals surface area contributed by atoms with E-state index in [4.69, 9.17) is 9.84 Å². The van der Waals surface area contributed by atoms with Gasteiger partial charge in [0.2, 0.25) is 5.91 Å². The lowest BCUT2D eigenvalue weighted by molar-refractivity contribution is -0.136. The molecule has 1 atom stereocenters. The largest absolute Gasteiger partial charge is 0.478 e. The lowest BCUT2D eigenvalue weighted by atomic mass is 9.98. The molecule has 3 aliphatic rings. The Bertz CT molecular complexity index is 1090. The standard InChI is InChI=1S/C26H26N2O5/c29-24(28-13-11-17(12-14-28)25(30)31)23(16-9-10-16)27-26(32)33-15-22-20-7-3-1-5-18(20)19-6-2-4-8-21(19)22/h1-8,11,16,22-23H,9-10,12-15H2,(H,27,32)(H,30,31). The number of amides is 2. The zero-order chi connectivity index (χ0) is 22.9. The Labute approximate surface area is 192 Å². The highest BCUT2D eigenvalue weighted by Crippen LogP contribution is 2.44. The minimum absolute atomic E-state index is 0.0418. The average molecular weight is 447 g/mol. The summed E-state index contributed by atoms with van der Waals surface area (Å²) in [6.45, 7) is 0.780. The molecule has 2 aromatic carbocycles. The molecule has 170 valence electrons. The second kappa shape index (κ2) is 8.73. The smallest absolute Gasteiger partial charge is 0.407 e. The number of carbonyl (C=O) groups is 3. The zero-order valence-corrected chi connectivity index (χ0v) is 18.2. The van der Waals surface area contributed by atoms with Crippen molar-refractivity contribution in [3.8, 4) is 11.1 Å². The van der Waals surface area contributed by atoms with Crippen molar-refractivity contribution in [1.82, 2.24) is 10.2 Å². The molecule has 1 aliphatic heterocycles. The first-order chi connectivity index (χ1) is 16.0. The van der Waals surface area contributed by atoms with Crippen LogP contribution in [0.2, 0.25) is 0 Å². The molecule has 1 heterocycles. The van der Waals surface area contributed by atoms with Crippen molar-refractivity contribution in [3.05, 3.63) is 71.3 Å². The Hall–Kier alpha value is -3.61. The molecule has 0 saturated heterocycles. The van der Waals surface area contributed by atoms with Gasteiger partial charge in [0, 0.05) is 24.6 Å². The first-order valence-corrected chi connectivity index (χ1v) is 11.4. The molecule has 0 spiro atoms. The molecule has 5 rings (SSSR count). The van der Waals surface area contributed by atoms with Crippen LogP contribution in [-0.2, 0) is 14.3 Å². The fourth-order valence-electron chi connectivity index (χ4n) is 4.84. The normalized spacial score (nSPS) is 18.1. The number of carboxylic acid groups (broad SMARTS) is 1. The molecule has 2 N–H and O–H groups in total. The summed E-state index contributed by atoms with van der Waals surface area (Å²) in [7, 11) is 0. The van der Waals surface area contributed by atoms with E-state index in [0.717, 1.165) is 35.1 Å². The molecule has 2 aliphatic carbocycles. The van der Waals surface area contributed by atoms with E-state index in [2.05, 4.69) is 29.6 Å². The highest BCUT2D eigenvalue weighted by molar-refractivity contribution is 5.89. The van der Waals surface area contributed by atoms with Gasteiger partial charge < -0.3 is 20.1 Å². The number of nitrogens with zero attached hydrogens (tertiary/aromatic N) is 1. The van der Waals surface area contributed by atoms with Crippen molar-refractivity contribution in [2.75, 3.05) is 19.7 Å². The molecular formula is C26H26N2O5. The predicted octanol–water partition coefficient (Wildman–Crippen LogP) is 3.55. The van der Waals surface area contributed by atoms with Gasteiger partial charge >= 0.3 is 12.1 Å². The topological polar surface area (TPSA) is 95.9 Å². The Morgan fingerprint density at radius 1 is 1.03 bits per heavy atom. The maximum atomic E-state index is 13.1. The third kappa shape index (κ3) is 4.23. The van der Waals surface area contributed by atoms with Crippen LogP contribution in [0.3, 0.4) is 0 Å². The number of aliphatic carboxylic acids is 1. The molecule has 0 radical (unpaired) electrons. The van der Waals surface area contributed by atoms with Crippen molar-refractivity contribution in [1.29, 1.82) is 0 Å². The number of ether oxygens (including phenoxy) is 1. The molecule has 0 aromatic heterocycles. The number of fused-ring (bicyclic) bond motifs is 3. The summed E-state index contributed by atoms with van der Waals surface area (Å²) in [5.74, 6) is -1.06. The number of benzene rings is 2. The van der Waals surface area contributed by atoms with E-state index in [-0.39, 0.29) is 30.9 Å². The maximum Gasteiger partial charge on any atom is 0.407 e. The van der Waals surface area contributed by atoms with Crippen molar-refractivity contribution in [2.45, 2.75) is 31.2 Å². The van der Waals surface area contributed by atoms with Crippen LogP contribution >= 0.6 is 0 Å². The summed E-state index contributed by atoms with van der Waals surface area (Å²) in [6, 6.07) is 15.6. The minimum atomic E-state index is -0.947. The van der Waals surface area contributed by atoms with Gasteiger partial charge in [-0.3, -0.25) is 4.79 Å². The van der Waals surface area contributed by atoms with E-state index in [0.29, 0.717) is 18.5 Å². The predicted molar refractivity (Wildman–Crippen MR) is 122 cm³/mol. The number of hydrogen-bond donors (Lipinski definition) is 2. The second-order valence-electron chi connectivity index (χ2n) is 8.85. The van der Waals surface area contributed by atoms with Crippen LogP contribution in [0.4, 0.5) is 4.79 Å². The zero-order valence-electron chi connectivity index (χ0n) is 18.2. The molecule has 7 heteroatoms. The van der Waals surface area contributed by atoms with Crippen LogP contribution in [-0.4, -0.2) is 53.7 Å². The van der Waals surface area contributed by atoms with Crippen LogP contribution in [0.1, 0.15) is 36.3 Å². The van der Waals surface area contributed by atoms with Gasteiger partial charge in [-0.25, -0.2) is 9.59 Å². The van der Waals surface area contributed by atoms with Gasteiger partial charge in [-0.1, -0.05) is 54.6 Å². The SMILES string of the molecule is O=C(NC(C(=O)N1CC=C(C(=O)O)CC1)C1CC1)OCC1c2ccccc2-c2ccccc21. The van der Waals surface area contributed by atoms with Crippen LogP contribution in [0.5, 0.6) is 0 Å². The van der Waals surface area contributed by atoms with Crippen LogP contribution in [0, 0.1) is 5.92 Å². The third-order valence-corrected chi connectivity index (χ3v) is 6.77. The molecule has 33 heavy (non-hydrogen) atoms. The summed E-state index contributed by atoms with van der Waals surface area (Å²) in [6.07, 6.45) is 3.04. The van der Waals surface area contributed by atoms with E-state index in [1.165, 1.54) is 0 Å². The minimum Gasteiger partial charge on any atom is -0.478 e. The number of hydrogen-bond acceptors (Lipinski definition) is 4. The number of alkyl carbamates (subject to hydrolysis) is 1. The summed E-state index contributed by atoms with van der Waals surface area (Å²) < 4.78 is 5.62. The van der Waals surface area contributed by atoms with Gasteiger partial charge in [0.15, 0.2) is 0 Å². The van der Waals surface area contributed by atoms with Gasteiger partial charge in [-0.15, -0.1) is 0 Å². The van der Waals surface area contributed by atoms with E-state index >= 15 is 0 Å². The van der Waals surface area contributed by atoms with E-state index < -0.39 is 18.1 Å². The number of carbonyl (C=O) groups excluding carboxylic acids is 2. The quantitative estimate of drug-likeness (QED) is 0.708. The molecule has 7 nitrogen and oxygen atoms in total. The van der Waals surface area contributed by atoms with Crippen LogP contribution < -0.4 is 5.32 Å². The Balaban J connectivity index is 1.23. The summed E-state index contributed by atoms with van der Waals surface area (Å²) in [5, 5.41) is 11.9. The van der Waals surface area contributed by atoms with Crippen LogP contribution in [0.15, 0.2) is 60.2 Å². The van der Waals surface area contributed by atoms with E-state index in [9.17, 15) is 14.4 Å². The van der Waals surface area contributed by atoms with Crippen molar-refractivity contribution >= 4 is 18.0 Å². The fourth-order valence-corrected chi connectivity index (χ4v) is 4.84. The highest BCUT2D eigenvalue weighted by atomic mass is 16.5. The average Bonchev–Trinajstić information content (AvgIpc) is 3.63. The molecule has 2 aromatic rings. The lowest BCUT2D eigenvalue weighted by Gasteiger charge is -2.29. The summed E-state index contributed by atoms with van der Waals surface area (Å²) in [5.41, 5.74) is 4.91. The van der Waals surface area contributed by atoms with Crippen molar-refractivity contribution in [2.24, 2.45) is 5.92 Å². The fraction of sp³-hybridized carbons (Fsp3) is 0.346. The molecule has 0 bridgehead atoms. The van der Waals surface area contributed by atoms with Gasteiger partial charge in [-0.05, 0) is 47.4 Å². The van der Waals surface area contributed by atoms with Crippen LogP contribution in [0.25, 0.3) is 11.1 Å². The molecular weight excluding hydrogens is 420 g/mol. The van der Waals surface area contributed by atoms with Gasteiger partial charge in [0.1, 0.15) is 12.6 Å². The maximum absolute atomic E-state index is 13.1. The Morgan fingerprint density at radius 2 is 1.67 bits per heavy atom. The van der Waals surface area contributed by atoms with Gasteiger partial charge in [0.25, 0.3) is 0 Å². The Kier molecular flexibility index (Phi) is 5.62. The van der Waals surface area contributed by atoms with Crippen molar-refractivity contribution < 1.29 is 24.2 Å². The van der Waals surface area contributed by atoms with E-state index in [1.54, 1.807) is 11.0 Å². The number of nitrogens with one attached hydrogen (secondary N) is 1. The monoisotopic (exact) mass is 446 g/mol. The van der Waals surface area contributed by atoms with Gasteiger partial charge in [-0.2, -0.15) is 0 Å². The summed E-state index contributed by atoms with van der Waals surface area (Å²) in [4.78, 5) is 38.5. The lowest BCUT2D eigenvalue weighted by Crippen LogP contribution is -2.51. The Morgan fingerprint density at radius 3 is 2.21 bits per heavy atom. The first kappa shape index (κ1) is 21.2. The first-order valence-electron chi connectivity index (χ1n) is 11.4. The third-order valence-electron chi connectivity index (χ3n) is 6.77.